The third-order valence-corrected chi connectivity index (χ3v) is 7.62. The van der Waals surface area contributed by atoms with Gasteiger partial charge in [0.25, 0.3) is 0 Å². The molecular formula is C22H39N2+. The third kappa shape index (κ3) is 3.40. The SMILES string of the molecule is CC(N(C1CCCC1)C1CCCC1)=[N+](C1CCCC1)C1CCCC1. The van der Waals surface area contributed by atoms with Crippen LogP contribution in [0.2, 0.25) is 0 Å². The Balaban J connectivity index is 1.66. The lowest BCUT2D eigenvalue weighted by Gasteiger charge is -2.34. The molecule has 2 nitrogen and oxygen atoms in total. The largest absolute Gasteiger partial charge is 0.261 e. The standard InChI is InChI=1S/C22H39N2/c1-18(23(19-10-2-3-11-19)20-12-4-5-13-20)24(21-14-6-7-15-21)22-16-8-9-17-22/h19-22H,2-17H2,1H3/q+1. The van der Waals surface area contributed by atoms with Crippen LogP contribution in [0.4, 0.5) is 0 Å². The van der Waals surface area contributed by atoms with Crippen molar-refractivity contribution in [3.63, 3.8) is 0 Å². The van der Waals surface area contributed by atoms with Crippen LogP contribution < -0.4 is 0 Å². The molecular weight excluding hydrogens is 292 g/mol. The molecule has 4 aliphatic rings. The van der Waals surface area contributed by atoms with Crippen LogP contribution in [0, 0.1) is 0 Å². The van der Waals surface area contributed by atoms with Gasteiger partial charge in [-0.1, -0.05) is 0 Å². The molecule has 0 bridgehead atoms. The molecule has 0 aromatic rings. The van der Waals surface area contributed by atoms with E-state index in [1.54, 1.807) is 5.84 Å². The second-order valence-electron chi connectivity index (χ2n) is 9.11. The van der Waals surface area contributed by atoms with Crippen molar-refractivity contribution in [1.82, 2.24) is 4.90 Å². The van der Waals surface area contributed by atoms with E-state index in [0.29, 0.717) is 0 Å². The maximum Gasteiger partial charge on any atom is 0.244 e. The van der Waals surface area contributed by atoms with Crippen molar-refractivity contribution in [2.45, 2.75) is 134 Å². The lowest BCUT2D eigenvalue weighted by Crippen LogP contribution is -2.50. The summed E-state index contributed by atoms with van der Waals surface area (Å²) in [5.74, 6) is 1.70. The highest BCUT2D eigenvalue weighted by molar-refractivity contribution is 5.75. The van der Waals surface area contributed by atoms with E-state index < -0.39 is 0 Å². The molecule has 0 N–H and O–H groups in total. The molecule has 4 aliphatic carbocycles. The van der Waals surface area contributed by atoms with E-state index in [0.717, 1.165) is 24.2 Å². The van der Waals surface area contributed by atoms with Gasteiger partial charge in [-0.25, -0.2) is 0 Å². The first kappa shape index (κ1) is 16.9. The third-order valence-electron chi connectivity index (χ3n) is 7.62. The van der Waals surface area contributed by atoms with Crippen LogP contribution >= 0.6 is 0 Å². The fourth-order valence-corrected chi connectivity index (χ4v) is 6.52. The van der Waals surface area contributed by atoms with Crippen LogP contribution in [0.3, 0.4) is 0 Å². The Kier molecular flexibility index (Phi) is 5.49. The van der Waals surface area contributed by atoms with Gasteiger partial charge in [0.2, 0.25) is 5.84 Å². The average Bonchev–Trinajstić information content (AvgIpc) is 3.38. The Morgan fingerprint density at radius 1 is 0.583 bits per heavy atom. The average molecular weight is 332 g/mol. The Morgan fingerprint density at radius 3 is 1.29 bits per heavy atom. The molecule has 0 aliphatic heterocycles. The zero-order valence-corrected chi connectivity index (χ0v) is 16.0. The molecule has 0 saturated heterocycles. The molecule has 4 fully saturated rings. The van der Waals surface area contributed by atoms with Crippen LogP contribution in [0.25, 0.3) is 0 Å². The van der Waals surface area contributed by atoms with Gasteiger partial charge in [0.05, 0.1) is 24.2 Å². The van der Waals surface area contributed by atoms with Gasteiger partial charge in [-0.15, -0.1) is 0 Å². The van der Waals surface area contributed by atoms with Gasteiger partial charge >= 0.3 is 0 Å². The minimum absolute atomic E-state index is 0.860. The first-order valence-corrected chi connectivity index (χ1v) is 11.2. The summed E-state index contributed by atoms with van der Waals surface area (Å²) >= 11 is 0. The van der Waals surface area contributed by atoms with E-state index in [-0.39, 0.29) is 0 Å². The maximum atomic E-state index is 2.98. The minimum atomic E-state index is 0.860. The highest BCUT2D eigenvalue weighted by atomic mass is 15.3. The fraction of sp³-hybridized carbons (Fsp3) is 0.955. The number of rotatable bonds is 4. The van der Waals surface area contributed by atoms with Crippen molar-refractivity contribution < 1.29 is 4.58 Å². The van der Waals surface area contributed by atoms with Crippen LogP contribution in [0.1, 0.15) is 110 Å². The molecule has 4 saturated carbocycles. The topological polar surface area (TPSA) is 6.25 Å². The van der Waals surface area contributed by atoms with E-state index in [1.807, 2.05) is 0 Å². The first-order valence-electron chi connectivity index (χ1n) is 11.2. The second-order valence-corrected chi connectivity index (χ2v) is 9.11. The minimum Gasteiger partial charge on any atom is -0.261 e. The Hall–Kier alpha value is -0.530. The summed E-state index contributed by atoms with van der Waals surface area (Å²) in [6, 6.07) is 3.44. The van der Waals surface area contributed by atoms with E-state index in [2.05, 4.69) is 16.4 Å². The summed E-state index contributed by atoms with van der Waals surface area (Å²) in [7, 11) is 0. The van der Waals surface area contributed by atoms with Gasteiger partial charge in [0.1, 0.15) is 0 Å². The molecule has 136 valence electrons. The molecule has 0 amide bonds. The van der Waals surface area contributed by atoms with Gasteiger partial charge in [0, 0.05) is 6.92 Å². The van der Waals surface area contributed by atoms with Crippen LogP contribution in [0.15, 0.2) is 0 Å². The zero-order valence-electron chi connectivity index (χ0n) is 16.0. The summed E-state index contributed by atoms with van der Waals surface area (Å²) < 4.78 is 2.98. The van der Waals surface area contributed by atoms with Crippen molar-refractivity contribution in [1.29, 1.82) is 0 Å². The van der Waals surface area contributed by atoms with Crippen LogP contribution in [-0.2, 0) is 0 Å². The maximum absolute atomic E-state index is 2.98. The van der Waals surface area contributed by atoms with Gasteiger partial charge in [-0.2, -0.15) is 0 Å². The van der Waals surface area contributed by atoms with Gasteiger partial charge < -0.3 is 0 Å². The predicted molar refractivity (Wildman–Crippen MR) is 102 cm³/mol. The Morgan fingerprint density at radius 2 is 0.917 bits per heavy atom. The summed E-state index contributed by atoms with van der Waals surface area (Å²) in [6.45, 7) is 2.52. The molecule has 0 spiro atoms. The quantitative estimate of drug-likeness (QED) is 0.375. The first-order chi connectivity index (χ1) is 11.8. The summed E-state index contributed by atoms with van der Waals surface area (Å²) in [5, 5.41) is 0. The number of amidine groups is 1. The normalized spacial score (nSPS) is 27.4. The number of hydrogen-bond acceptors (Lipinski definition) is 0. The highest BCUT2D eigenvalue weighted by Crippen LogP contribution is 2.34. The lowest BCUT2D eigenvalue weighted by molar-refractivity contribution is -0.604. The van der Waals surface area contributed by atoms with Crippen LogP contribution in [-0.4, -0.2) is 39.5 Å². The van der Waals surface area contributed by atoms with E-state index in [9.17, 15) is 0 Å². The van der Waals surface area contributed by atoms with E-state index >= 15 is 0 Å². The van der Waals surface area contributed by atoms with Crippen LogP contribution in [0.5, 0.6) is 0 Å². The Bertz CT molecular complexity index is 397. The molecule has 0 atom stereocenters. The lowest BCUT2D eigenvalue weighted by atomic mass is 10.1. The predicted octanol–water partition coefficient (Wildman–Crippen LogP) is 5.49. The highest BCUT2D eigenvalue weighted by Gasteiger charge is 2.41. The number of hydrogen-bond donors (Lipinski definition) is 0. The smallest absolute Gasteiger partial charge is 0.244 e. The molecule has 24 heavy (non-hydrogen) atoms. The summed E-state index contributed by atoms with van der Waals surface area (Å²) in [6.07, 6.45) is 23.4. The van der Waals surface area contributed by atoms with Crippen molar-refractivity contribution in [2.75, 3.05) is 0 Å². The monoisotopic (exact) mass is 331 g/mol. The van der Waals surface area contributed by atoms with Crippen molar-refractivity contribution in [2.24, 2.45) is 0 Å². The molecule has 0 aromatic carbocycles. The van der Waals surface area contributed by atoms with Gasteiger partial charge in [-0.3, -0.25) is 9.48 Å². The Labute approximate surface area is 149 Å². The van der Waals surface area contributed by atoms with Gasteiger partial charge in [0.15, 0.2) is 0 Å². The second kappa shape index (κ2) is 7.79. The molecule has 0 aromatic heterocycles. The molecule has 0 unspecified atom stereocenters. The molecule has 4 rings (SSSR count). The van der Waals surface area contributed by atoms with Crippen molar-refractivity contribution in [3.8, 4) is 0 Å². The van der Waals surface area contributed by atoms with E-state index in [4.69, 9.17) is 0 Å². The molecule has 2 heteroatoms. The fourth-order valence-electron chi connectivity index (χ4n) is 6.52. The summed E-state index contributed by atoms with van der Waals surface area (Å²) in [5.41, 5.74) is 0. The molecule has 0 radical (unpaired) electrons. The van der Waals surface area contributed by atoms with E-state index in [1.165, 1.54) is 103 Å². The molecule has 0 heterocycles. The summed E-state index contributed by atoms with van der Waals surface area (Å²) in [4.78, 5) is 2.98. The zero-order chi connectivity index (χ0) is 16.4. The van der Waals surface area contributed by atoms with Crippen molar-refractivity contribution in [3.05, 3.63) is 0 Å². The number of nitrogens with zero attached hydrogens (tertiary/aromatic N) is 2. The van der Waals surface area contributed by atoms with Gasteiger partial charge in [-0.05, 0) is 103 Å². The van der Waals surface area contributed by atoms with Crippen molar-refractivity contribution >= 4 is 5.84 Å².